The predicted octanol–water partition coefficient (Wildman–Crippen LogP) is 1.59. The molecule has 0 saturated carbocycles. The predicted molar refractivity (Wildman–Crippen MR) is 81.8 cm³/mol. The number of nitrogens with zero attached hydrogens (tertiary/aromatic N) is 2. The fraction of sp³-hybridized carbons (Fsp3) is 0.588. The van der Waals surface area contributed by atoms with E-state index in [1.54, 1.807) is 0 Å². The van der Waals surface area contributed by atoms with E-state index in [4.69, 9.17) is 0 Å². The molecule has 3 rings (SSSR count). The van der Waals surface area contributed by atoms with E-state index in [0.29, 0.717) is 19.4 Å². The van der Waals surface area contributed by atoms with Gasteiger partial charge in [-0.05, 0) is 31.2 Å². The van der Waals surface area contributed by atoms with Gasteiger partial charge in [0, 0.05) is 26.2 Å². The summed E-state index contributed by atoms with van der Waals surface area (Å²) in [5.41, 5.74) is 0.268. The second kappa shape index (κ2) is 6.16. The second-order valence-corrected chi connectivity index (χ2v) is 6.26. The minimum Gasteiger partial charge on any atom is -0.385 e. The van der Waals surface area contributed by atoms with Crippen LogP contribution in [0.15, 0.2) is 30.3 Å². The first kappa shape index (κ1) is 14.5. The molecule has 1 aromatic carbocycles. The molecule has 0 radical (unpaired) electrons. The van der Waals surface area contributed by atoms with Crippen molar-refractivity contribution in [2.75, 3.05) is 32.7 Å². The van der Waals surface area contributed by atoms with Crippen molar-refractivity contribution in [1.82, 2.24) is 9.80 Å². The summed E-state index contributed by atoms with van der Waals surface area (Å²) in [5, 5.41) is 10.8. The van der Waals surface area contributed by atoms with Crippen molar-refractivity contribution in [3.63, 3.8) is 0 Å². The van der Waals surface area contributed by atoms with Gasteiger partial charge >= 0.3 is 0 Å². The van der Waals surface area contributed by atoms with Crippen molar-refractivity contribution < 1.29 is 9.90 Å². The Bertz CT molecular complexity index is 475. The molecule has 4 heteroatoms. The van der Waals surface area contributed by atoms with Crippen LogP contribution in [0.3, 0.4) is 0 Å². The molecule has 0 spiro atoms. The Labute approximate surface area is 126 Å². The number of rotatable bonds is 3. The van der Waals surface area contributed by atoms with Crippen LogP contribution in [0, 0.1) is 0 Å². The minimum absolute atomic E-state index is 0.248. The van der Waals surface area contributed by atoms with Crippen LogP contribution in [0.25, 0.3) is 0 Å². The van der Waals surface area contributed by atoms with Gasteiger partial charge < -0.3 is 10.0 Å². The van der Waals surface area contributed by atoms with Gasteiger partial charge in [0.15, 0.2) is 0 Å². The SMILES string of the molecule is O=C(CN1CCC(O)(c2ccccc2)CC1)N1CCCC1. The van der Waals surface area contributed by atoms with Gasteiger partial charge in [-0.3, -0.25) is 9.69 Å². The highest BCUT2D eigenvalue weighted by molar-refractivity contribution is 5.78. The van der Waals surface area contributed by atoms with Crippen molar-refractivity contribution in [2.24, 2.45) is 0 Å². The molecular weight excluding hydrogens is 264 g/mol. The number of aliphatic hydroxyl groups is 1. The van der Waals surface area contributed by atoms with E-state index in [9.17, 15) is 9.90 Å². The average Bonchev–Trinajstić information content (AvgIpc) is 3.05. The van der Waals surface area contributed by atoms with Crippen LogP contribution >= 0.6 is 0 Å². The zero-order chi connectivity index (χ0) is 14.7. The van der Waals surface area contributed by atoms with Gasteiger partial charge in [-0.25, -0.2) is 0 Å². The van der Waals surface area contributed by atoms with Crippen LogP contribution in [-0.4, -0.2) is 53.5 Å². The summed E-state index contributed by atoms with van der Waals surface area (Å²) in [6, 6.07) is 9.89. The van der Waals surface area contributed by atoms with E-state index in [2.05, 4.69) is 4.90 Å². The number of benzene rings is 1. The number of carbonyl (C=O) groups is 1. The smallest absolute Gasteiger partial charge is 0.236 e. The molecule has 0 aromatic heterocycles. The number of hydrogen-bond donors (Lipinski definition) is 1. The Morgan fingerprint density at radius 2 is 1.67 bits per heavy atom. The first-order valence-corrected chi connectivity index (χ1v) is 7.95. The van der Waals surface area contributed by atoms with E-state index >= 15 is 0 Å². The van der Waals surface area contributed by atoms with Gasteiger partial charge in [0.2, 0.25) is 5.91 Å². The summed E-state index contributed by atoms with van der Waals surface area (Å²) in [6.07, 6.45) is 3.67. The maximum absolute atomic E-state index is 12.2. The average molecular weight is 288 g/mol. The summed E-state index contributed by atoms with van der Waals surface area (Å²) in [7, 11) is 0. The molecule has 1 aromatic rings. The van der Waals surface area contributed by atoms with Crippen LogP contribution < -0.4 is 0 Å². The zero-order valence-corrected chi connectivity index (χ0v) is 12.5. The lowest BCUT2D eigenvalue weighted by Crippen LogP contribution is -2.46. The normalized spacial score (nSPS) is 22.4. The Morgan fingerprint density at radius 3 is 2.29 bits per heavy atom. The molecule has 2 fully saturated rings. The van der Waals surface area contributed by atoms with Crippen LogP contribution in [-0.2, 0) is 10.4 Å². The topological polar surface area (TPSA) is 43.8 Å². The highest BCUT2D eigenvalue weighted by Gasteiger charge is 2.34. The van der Waals surface area contributed by atoms with Gasteiger partial charge in [-0.2, -0.15) is 0 Å². The molecule has 2 heterocycles. The minimum atomic E-state index is -0.728. The van der Waals surface area contributed by atoms with Crippen molar-refractivity contribution in [3.05, 3.63) is 35.9 Å². The molecule has 1 N–H and O–H groups in total. The number of hydrogen-bond acceptors (Lipinski definition) is 3. The van der Waals surface area contributed by atoms with E-state index in [0.717, 1.165) is 44.6 Å². The molecule has 114 valence electrons. The summed E-state index contributed by atoms with van der Waals surface area (Å²) < 4.78 is 0. The summed E-state index contributed by atoms with van der Waals surface area (Å²) in [4.78, 5) is 16.3. The van der Waals surface area contributed by atoms with Gasteiger partial charge in [-0.15, -0.1) is 0 Å². The maximum Gasteiger partial charge on any atom is 0.236 e. The lowest BCUT2D eigenvalue weighted by Gasteiger charge is -2.38. The van der Waals surface area contributed by atoms with Crippen LogP contribution in [0.1, 0.15) is 31.2 Å². The Balaban J connectivity index is 1.54. The van der Waals surface area contributed by atoms with Gasteiger partial charge in [0.05, 0.1) is 12.1 Å². The molecular formula is C17H24N2O2. The molecule has 2 aliphatic rings. The lowest BCUT2D eigenvalue weighted by atomic mass is 9.84. The number of amides is 1. The third-order valence-electron chi connectivity index (χ3n) is 4.81. The van der Waals surface area contributed by atoms with Gasteiger partial charge in [-0.1, -0.05) is 30.3 Å². The molecule has 2 aliphatic heterocycles. The lowest BCUT2D eigenvalue weighted by molar-refractivity contribution is -0.132. The summed E-state index contributed by atoms with van der Waals surface area (Å²) >= 11 is 0. The fourth-order valence-electron chi connectivity index (χ4n) is 3.38. The van der Waals surface area contributed by atoms with E-state index in [1.807, 2.05) is 35.2 Å². The first-order valence-electron chi connectivity index (χ1n) is 7.95. The summed E-state index contributed by atoms with van der Waals surface area (Å²) in [6.45, 7) is 3.90. The van der Waals surface area contributed by atoms with Gasteiger partial charge in [0.25, 0.3) is 0 Å². The molecule has 0 unspecified atom stereocenters. The van der Waals surface area contributed by atoms with Crippen LogP contribution in [0.5, 0.6) is 0 Å². The molecule has 2 saturated heterocycles. The Morgan fingerprint density at radius 1 is 1.05 bits per heavy atom. The van der Waals surface area contributed by atoms with Crippen LogP contribution in [0.4, 0.5) is 0 Å². The maximum atomic E-state index is 12.2. The van der Waals surface area contributed by atoms with Crippen molar-refractivity contribution in [2.45, 2.75) is 31.3 Å². The first-order chi connectivity index (χ1) is 10.2. The highest BCUT2D eigenvalue weighted by Crippen LogP contribution is 2.32. The highest BCUT2D eigenvalue weighted by atomic mass is 16.3. The van der Waals surface area contributed by atoms with E-state index in [-0.39, 0.29) is 5.91 Å². The van der Waals surface area contributed by atoms with E-state index < -0.39 is 5.60 Å². The van der Waals surface area contributed by atoms with Gasteiger partial charge in [0.1, 0.15) is 0 Å². The molecule has 1 amide bonds. The summed E-state index contributed by atoms with van der Waals surface area (Å²) in [5.74, 6) is 0.248. The van der Waals surface area contributed by atoms with Crippen molar-refractivity contribution in [3.8, 4) is 0 Å². The zero-order valence-electron chi connectivity index (χ0n) is 12.5. The Kier molecular flexibility index (Phi) is 4.27. The quantitative estimate of drug-likeness (QED) is 0.918. The molecule has 21 heavy (non-hydrogen) atoms. The number of likely N-dealkylation sites (tertiary alicyclic amines) is 2. The third-order valence-corrected chi connectivity index (χ3v) is 4.81. The van der Waals surface area contributed by atoms with Crippen molar-refractivity contribution >= 4 is 5.91 Å². The van der Waals surface area contributed by atoms with E-state index in [1.165, 1.54) is 0 Å². The fourth-order valence-corrected chi connectivity index (χ4v) is 3.38. The standard InChI is InChI=1S/C17H24N2O2/c20-16(19-10-4-5-11-19)14-18-12-8-17(21,9-13-18)15-6-2-1-3-7-15/h1-3,6-7,21H,4-5,8-14H2. The number of carbonyl (C=O) groups excluding carboxylic acids is 1. The van der Waals surface area contributed by atoms with Crippen molar-refractivity contribution in [1.29, 1.82) is 0 Å². The second-order valence-electron chi connectivity index (χ2n) is 6.26. The largest absolute Gasteiger partial charge is 0.385 e. The molecule has 0 aliphatic carbocycles. The third kappa shape index (κ3) is 3.27. The van der Waals surface area contributed by atoms with Crippen LogP contribution in [0.2, 0.25) is 0 Å². The molecule has 4 nitrogen and oxygen atoms in total. The Hall–Kier alpha value is -1.39. The molecule has 0 atom stereocenters. The monoisotopic (exact) mass is 288 g/mol. The number of piperidine rings is 1. The molecule has 0 bridgehead atoms.